The molecule has 0 radical (unpaired) electrons. The van der Waals surface area contributed by atoms with Crippen LogP contribution in [0.1, 0.15) is 35.6 Å². The largest absolute Gasteiger partial charge is 0.338 e. The number of carbonyl (C=O) groups excluding carboxylic acids is 2. The number of benzene rings is 2. The Bertz CT molecular complexity index is 813. The lowest BCUT2D eigenvalue weighted by molar-refractivity contribution is -0.136. The van der Waals surface area contributed by atoms with Crippen molar-refractivity contribution in [3.8, 4) is 0 Å². The Balaban J connectivity index is 1.65. The molecule has 1 saturated heterocycles. The molecular weight excluding hydrogens is 336 g/mol. The first-order valence-electron chi connectivity index (χ1n) is 9.64. The summed E-state index contributed by atoms with van der Waals surface area (Å²) in [5.41, 5.74) is 4.66. The van der Waals surface area contributed by atoms with E-state index in [1.54, 1.807) is 0 Å². The molecule has 0 N–H and O–H groups in total. The van der Waals surface area contributed by atoms with Crippen LogP contribution in [0.15, 0.2) is 48.5 Å². The van der Waals surface area contributed by atoms with Crippen LogP contribution < -0.4 is 0 Å². The van der Waals surface area contributed by atoms with Gasteiger partial charge in [-0.3, -0.25) is 9.59 Å². The second-order valence-corrected chi connectivity index (χ2v) is 7.44. The summed E-state index contributed by atoms with van der Waals surface area (Å²) in [5.74, 6) is -0.0895. The highest BCUT2D eigenvalue weighted by molar-refractivity contribution is 5.89. The second-order valence-electron chi connectivity index (χ2n) is 7.44. The van der Waals surface area contributed by atoms with Crippen molar-refractivity contribution < 1.29 is 9.59 Å². The molecule has 0 aliphatic carbocycles. The van der Waals surface area contributed by atoms with Crippen molar-refractivity contribution in [2.24, 2.45) is 5.92 Å². The third kappa shape index (κ3) is 4.57. The average Bonchev–Trinajstić information content (AvgIpc) is 3.03. The molecule has 0 bridgehead atoms. The summed E-state index contributed by atoms with van der Waals surface area (Å²) in [7, 11) is 0. The molecule has 1 fully saturated rings. The van der Waals surface area contributed by atoms with Gasteiger partial charge < -0.3 is 9.80 Å². The Morgan fingerprint density at radius 3 is 2.48 bits per heavy atom. The van der Waals surface area contributed by atoms with Crippen LogP contribution in [0, 0.1) is 19.8 Å². The lowest BCUT2D eigenvalue weighted by atomic mass is 10.0. The number of likely N-dealkylation sites (tertiary alicyclic amines) is 1. The van der Waals surface area contributed by atoms with Crippen LogP contribution >= 0.6 is 0 Å². The zero-order valence-electron chi connectivity index (χ0n) is 16.4. The number of hydrogen-bond acceptors (Lipinski definition) is 2. The first-order chi connectivity index (χ1) is 13.0. The Morgan fingerprint density at radius 2 is 1.81 bits per heavy atom. The van der Waals surface area contributed by atoms with Crippen molar-refractivity contribution in [2.75, 3.05) is 13.1 Å². The lowest BCUT2D eigenvalue weighted by Crippen LogP contribution is -2.37. The highest BCUT2D eigenvalue weighted by Crippen LogP contribution is 2.23. The van der Waals surface area contributed by atoms with Gasteiger partial charge in [0.1, 0.15) is 0 Å². The van der Waals surface area contributed by atoms with Crippen LogP contribution in [0.5, 0.6) is 0 Å². The fourth-order valence-corrected chi connectivity index (χ4v) is 3.60. The highest BCUT2D eigenvalue weighted by Gasteiger charge is 2.36. The van der Waals surface area contributed by atoms with Crippen molar-refractivity contribution in [3.63, 3.8) is 0 Å². The van der Waals surface area contributed by atoms with E-state index in [-0.39, 0.29) is 17.7 Å². The molecule has 3 rings (SSSR count). The molecule has 0 aromatic heterocycles. The van der Waals surface area contributed by atoms with Gasteiger partial charge in [-0.2, -0.15) is 0 Å². The Morgan fingerprint density at radius 1 is 1.11 bits per heavy atom. The normalized spacial score (nSPS) is 16.6. The summed E-state index contributed by atoms with van der Waals surface area (Å²) in [4.78, 5) is 29.2. The predicted octanol–water partition coefficient (Wildman–Crippen LogP) is 3.70. The maximum Gasteiger partial charge on any atom is 0.228 e. The number of rotatable bonds is 6. The maximum atomic E-state index is 13.0. The van der Waals surface area contributed by atoms with Crippen LogP contribution in [-0.4, -0.2) is 34.7 Å². The third-order valence-electron chi connectivity index (χ3n) is 5.37. The van der Waals surface area contributed by atoms with Crippen molar-refractivity contribution in [1.29, 1.82) is 0 Å². The Hall–Kier alpha value is -2.62. The Kier molecular flexibility index (Phi) is 5.94. The first kappa shape index (κ1) is 19.2. The second kappa shape index (κ2) is 8.38. The summed E-state index contributed by atoms with van der Waals surface area (Å²) < 4.78 is 0. The van der Waals surface area contributed by atoms with E-state index in [0.29, 0.717) is 32.6 Å². The van der Waals surface area contributed by atoms with E-state index in [4.69, 9.17) is 0 Å². The summed E-state index contributed by atoms with van der Waals surface area (Å²) >= 11 is 0. The van der Waals surface area contributed by atoms with Crippen LogP contribution in [0.4, 0.5) is 0 Å². The summed E-state index contributed by atoms with van der Waals surface area (Å²) in [6, 6.07) is 16.4. The van der Waals surface area contributed by atoms with Gasteiger partial charge in [0.2, 0.25) is 11.8 Å². The molecule has 1 atom stereocenters. The number of aryl methyl sites for hydroxylation is 2. The van der Waals surface area contributed by atoms with Crippen molar-refractivity contribution >= 4 is 11.8 Å². The molecule has 1 heterocycles. The molecule has 2 amide bonds. The van der Waals surface area contributed by atoms with Crippen LogP contribution in [-0.2, 0) is 22.7 Å². The smallest absolute Gasteiger partial charge is 0.228 e. The minimum absolute atomic E-state index is 0.0702. The van der Waals surface area contributed by atoms with Gasteiger partial charge in [0.05, 0.1) is 5.92 Å². The van der Waals surface area contributed by atoms with E-state index >= 15 is 0 Å². The summed E-state index contributed by atoms with van der Waals surface area (Å²) in [5, 5.41) is 0. The van der Waals surface area contributed by atoms with E-state index in [1.807, 2.05) is 47.9 Å². The van der Waals surface area contributed by atoms with Gasteiger partial charge >= 0.3 is 0 Å². The monoisotopic (exact) mass is 364 g/mol. The molecule has 142 valence electrons. The molecule has 0 saturated carbocycles. The van der Waals surface area contributed by atoms with Gasteiger partial charge in [-0.05, 0) is 37.5 Å². The van der Waals surface area contributed by atoms with E-state index in [0.717, 1.165) is 11.1 Å². The molecular formula is C23H28N2O2. The van der Waals surface area contributed by atoms with Gasteiger partial charge in [-0.1, -0.05) is 54.1 Å². The minimum atomic E-state index is -0.244. The zero-order valence-corrected chi connectivity index (χ0v) is 16.4. The standard InChI is InChI=1S/C23H28N2O2/c1-4-24(15-20-8-6-5-7-18(20)3)23(27)21-13-22(26)25(16-21)14-19-11-9-17(2)10-12-19/h5-12,21H,4,13-16H2,1-3H3. The molecule has 1 unspecified atom stereocenters. The van der Waals surface area contributed by atoms with Crippen LogP contribution in [0.2, 0.25) is 0 Å². The van der Waals surface area contributed by atoms with E-state index < -0.39 is 0 Å². The summed E-state index contributed by atoms with van der Waals surface area (Å²) in [6.45, 7) is 8.45. The van der Waals surface area contributed by atoms with Gasteiger partial charge in [0.25, 0.3) is 0 Å². The lowest BCUT2D eigenvalue weighted by Gasteiger charge is -2.25. The van der Waals surface area contributed by atoms with Crippen molar-refractivity contribution in [1.82, 2.24) is 9.80 Å². The SMILES string of the molecule is CCN(Cc1ccccc1C)C(=O)C1CC(=O)N(Cc2ccc(C)cc2)C1. The maximum absolute atomic E-state index is 13.0. The van der Waals surface area contributed by atoms with E-state index in [2.05, 4.69) is 31.2 Å². The molecule has 1 aliphatic heterocycles. The number of hydrogen-bond donors (Lipinski definition) is 0. The van der Waals surface area contributed by atoms with Crippen LogP contribution in [0.25, 0.3) is 0 Å². The van der Waals surface area contributed by atoms with E-state index in [1.165, 1.54) is 11.1 Å². The van der Waals surface area contributed by atoms with Gasteiger partial charge in [-0.15, -0.1) is 0 Å². The Labute approximate surface area is 161 Å². The fourth-order valence-electron chi connectivity index (χ4n) is 3.60. The molecule has 4 nitrogen and oxygen atoms in total. The molecule has 2 aromatic rings. The first-order valence-corrected chi connectivity index (χ1v) is 9.64. The molecule has 0 spiro atoms. The highest BCUT2D eigenvalue weighted by atomic mass is 16.2. The molecule has 4 heteroatoms. The van der Waals surface area contributed by atoms with Gasteiger partial charge in [-0.25, -0.2) is 0 Å². The van der Waals surface area contributed by atoms with Crippen molar-refractivity contribution in [3.05, 3.63) is 70.8 Å². The quantitative estimate of drug-likeness (QED) is 0.784. The predicted molar refractivity (Wildman–Crippen MR) is 107 cm³/mol. The minimum Gasteiger partial charge on any atom is -0.338 e. The molecule has 1 aliphatic rings. The van der Waals surface area contributed by atoms with Gasteiger partial charge in [0, 0.05) is 32.6 Å². The number of carbonyl (C=O) groups is 2. The van der Waals surface area contributed by atoms with Crippen LogP contribution in [0.3, 0.4) is 0 Å². The van der Waals surface area contributed by atoms with E-state index in [9.17, 15) is 9.59 Å². The van der Waals surface area contributed by atoms with Gasteiger partial charge in [0.15, 0.2) is 0 Å². The number of amides is 2. The third-order valence-corrected chi connectivity index (χ3v) is 5.37. The topological polar surface area (TPSA) is 40.6 Å². The molecule has 27 heavy (non-hydrogen) atoms. The average molecular weight is 364 g/mol. The zero-order chi connectivity index (χ0) is 19.4. The summed E-state index contributed by atoms with van der Waals surface area (Å²) in [6.07, 6.45) is 0.314. The fraction of sp³-hybridized carbons (Fsp3) is 0.391. The molecule has 2 aromatic carbocycles. The van der Waals surface area contributed by atoms with Crippen molar-refractivity contribution in [2.45, 2.75) is 40.3 Å². The number of nitrogens with zero attached hydrogens (tertiary/aromatic N) is 2.